The minimum Gasteiger partial charge on any atom is -0.412 e. The second kappa shape index (κ2) is 13.4. The van der Waals surface area contributed by atoms with Crippen LogP contribution in [0.25, 0.3) is 0 Å². The first-order valence-electron chi connectivity index (χ1n) is 7.53. The van der Waals surface area contributed by atoms with Gasteiger partial charge in [0.2, 0.25) is 0 Å². The quantitative estimate of drug-likeness (QED) is 0.315. The molecule has 0 fully saturated rings. The third kappa shape index (κ3) is 14.3. The van der Waals surface area contributed by atoms with Crippen LogP contribution in [0.5, 0.6) is 0 Å². The number of rotatable bonds is 10. The molecule has 1 unspecified atom stereocenters. The molecule has 0 spiro atoms. The van der Waals surface area contributed by atoms with E-state index in [9.17, 15) is 14.4 Å². The van der Waals surface area contributed by atoms with Gasteiger partial charge in [0, 0.05) is 0 Å². The summed E-state index contributed by atoms with van der Waals surface area (Å²) in [5, 5.41) is 0.101. The van der Waals surface area contributed by atoms with Gasteiger partial charge in [-0.25, -0.2) is 0 Å². The van der Waals surface area contributed by atoms with Gasteiger partial charge in [-0.2, -0.15) is 0 Å². The first kappa shape index (κ1) is 24.2. The van der Waals surface area contributed by atoms with Gasteiger partial charge in [-0.15, -0.1) is 0 Å². The molecule has 0 aliphatic heterocycles. The van der Waals surface area contributed by atoms with Crippen molar-refractivity contribution < 1.29 is 34.1 Å². The number of ether oxygens (including phenoxy) is 3. The molecular formula is C15H29AsO7. The van der Waals surface area contributed by atoms with Crippen LogP contribution in [0.1, 0.15) is 53.9 Å². The number of esters is 2. The Balaban J connectivity index is 0. The molecule has 0 aliphatic carbocycles. The fourth-order valence-corrected chi connectivity index (χ4v) is 2.68. The van der Waals surface area contributed by atoms with Crippen molar-refractivity contribution in [3.8, 4) is 0 Å². The third-order valence-electron chi connectivity index (χ3n) is 2.64. The molecule has 8 heteroatoms. The van der Waals surface area contributed by atoms with E-state index < -0.39 is 32.8 Å². The zero-order valence-corrected chi connectivity index (χ0v) is 16.6. The van der Waals surface area contributed by atoms with E-state index in [1.807, 2.05) is 0 Å². The van der Waals surface area contributed by atoms with Gasteiger partial charge in [-0.3, -0.25) is 0 Å². The van der Waals surface area contributed by atoms with E-state index >= 15 is 0 Å². The fourth-order valence-electron chi connectivity index (χ4n) is 1.42. The summed E-state index contributed by atoms with van der Waals surface area (Å²) in [6.07, 6.45) is 1.24. The Morgan fingerprint density at radius 1 is 1.00 bits per heavy atom. The summed E-state index contributed by atoms with van der Waals surface area (Å²) in [6.45, 7) is 9.08. The van der Waals surface area contributed by atoms with E-state index in [0.717, 1.165) is 12.8 Å². The van der Waals surface area contributed by atoms with Crippen LogP contribution in [0, 0.1) is 11.8 Å². The van der Waals surface area contributed by atoms with E-state index in [0.29, 0.717) is 12.3 Å². The largest absolute Gasteiger partial charge is 0.412 e. The molecule has 0 aromatic rings. The summed E-state index contributed by atoms with van der Waals surface area (Å²) < 4.78 is 14.4. The van der Waals surface area contributed by atoms with Crippen molar-refractivity contribution in [3.63, 3.8) is 0 Å². The summed E-state index contributed by atoms with van der Waals surface area (Å²) in [5.41, 5.74) is 0. The van der Waals surface area contributed by atoms with E-state index in [1.54, 1.807) is 13.8 Å². The van der Waals surface area contributed by atoms with Crippen LogP contribution >= 0.6 is 0 Å². The molecule has 0 saturated carbocycles. The monoisotopic (exact) mass is 396 g/mol. The van der Waals surface area contributed by atoms with Gasteiger partial charge in [0.25, 0.3) is 0 Å². The summed E-state index contributed by atoms with van der Waals surface area (Å²) >= 11 is -1.21. The molecule has 0 bridgehead atoms. The van der Waals surface area contributed by atoms with Crippen LogP contribution in [-0.4, -0.2) is 49.6 Å². The molecule has 0 aromatic carbocycles. The van der Waals surface area contributed by atoms with Crippen molar-refractivity contribution in [2.24, 2.45) is 11.8 Å². The van der Waals surface area contributed by atoms with E-state index in [2.05, 4.69) is 13.8 Å². The van der Waals surface area contributed by atoms with Crippen molar-refractivity contribution in [1.82, 2.24) is 0 Å². The van der Waals surface area contributed by atoms with Crippen LogP contribution in [0.15, 0.2) is 0 Å². The van der Waals surface area contributed by atoms with Gasteiger partial charge < -0.3 is 5.48 Å². The van der Waals surface area contributed by atoms with Gasteiger partial charge in [0.05, 0.1) is 0 Å². The van der Waals surface area contributed by atoms with Crippen molar-refractivity contribution >= 4 is 32.4 Å². The Bertz CT molecular complexity index is 369. The van der Waals surface area contributed by atoms with Crippen molar-refractivity contribution in [2.75, 3.05) is 5.39 Å². The SMILES string of the molecule is CC(C)CCCC(=O)OC[AsH]C(=O)O[C@H](C)OC(=O)C(C)C.O. The topological polar surface area (TPSA) is 110 Å². The number of carbonyl (C=O) groups is 3. The maximum Gasteiger partial charge on any atom is -0.412 e. The Kier molecular flexibility index (Phi) is 14.1. The molecule has 0 saturated heterocycles. The first-order chi connectivity index (χ1) is 10.2. The molecule has 0 aliphatic rings. The van der Waals surface area contributed by atoms with Crippen LogP contribution in [0.3, 0.4) is 0 Å². The molecule has 0 rings (SSSR count). The zero-order chi connectivity index (χ0) is 17.1. The number of hydrogen-bond donors (Lipinski definition) is 0. The van der Waals surface area contributed by atoms with Gasteiger partial charge in [-0.1, -0.05) is 0 Å². The molecular weight excluding hydrogens is 367 g/mol. The molecule has 136 valence electrons. The average molecular weight is 396 g/mol. The molecule has 2 N–H and O–H groups in total. The van der Waals surface area contributed by atoms with E-state index in [4.69, 9.17) is 14.2 Å². The van der Waals surface area contributed by atoms with Crippen molar-refractivity contribution in [1.29, 1.82) is 0 Å². The molecule has 23 heavy (non-hydrogen) atoms. The Morgan fingerprint density at radius 3 is 2.13 bits per heavy atom. The van der Waals surface area contributed by atoms with Crippen molar-refractivity contribution in [3.05, 3.63) is 0 Å². The molecule has 7 nitrogen and oxygen atoms in total. The number of carbonyl (C=O) groups excluding carboxylic acids is 3. The van der Waals surface area contributed by atoms with Gasteiger partial charge in [0.1, 0.15) is 0 Å². The van der Waals surface area contributed by atoms with Crippen LogP contribution in [0.2, 0.25) is 0 Å². The van der Waals surface area contributed by atoms with Crippen LogP contribution < -0.4 is 0 Å². The fraction of sp³-hybridized carbons (Fsp3) is 0.800. The average Bonchev–Trinajstić information content (AvgIpc) is 2.37. The number of hydrogen-bond acceptors (Lipinski definition) is 6. The normalized spacial score (nSPS) is 12.1. The summed E-state index contributed by atoms with van der Waals surface area (Å²) in [4.78, 5) is 34.3. The minimum atomic E-state index is -1.21. The van der Waals surface area contributed by atoms with Gasteiger partial charge in [-0.05, 0) is 0 Å². The predicted molar refractivity (Wildman–Crippen MR) is 87.3 cm³/mol. The predicted octanol–water partition coefficient (Wildman–Crippen LogP) is 1.61. The minimum absolute atomic E-state index is 0. The van der Waals surface area contributed by atoms with Gasteiger partial charge >= 0.3 is 138 Å². The summed E-state index contributed by atoms with van der Waals surface area (Å²) in [5.74, 6) is -0.413. The van der Waals surface area contributed by atoms with Gasteiger partial charge in [0.15, 0.2) is 0 Å². The maximum absolute atomic E-state index is 11.5. The summed E-state index contributed by atoms with van der Waals surface area (Å²) in [6, 6.07) is 0. The molecule has 0 heterocycles. The Morgan fingerprint density at radius 2 is 1.61 bits per heavy atom. The third-order valence-corrected chi connectivity index (χ3v) is 4.10. The standard InChI is InChI=1S/C15H27AsO6.H2O/c1-10(2)7-6-8-13(17)20-9-16-15(19)22-12(5)21-14(18)11(3)4;/h10-12,16H,6-9H2,1-5H3;1H2/t12-;/m1./s1. The molecule has 0 aromatic heterocycles. The zero-order valence-electron chi connectivity index (χ0n) is 14.5. The van der Waals surface area contributed by atoms with Crippen LogP contribution in [-0.2, 0) is 23.8 Å². The van der Waals surface area contributed by atoms with E-state index in [1.165, 1.54) is 6.92 Å². The smallest absolute Gasteiger partial charge is 0.412 e. The summed E-state index contributed by atoms with van der Waals surface area (Å²) in [7, 11) is 0. The Hall–Kier alpha value is -1.07. The Labute approximate surface area is 144 Å². The van der Waals surface area contributed by atoms with E-state index in [-0.39, 0.29) is 22.8 Å². The second-order valence-electron chi connectivity index (χ2n) is 5.69. The van der Waals surface area contributed by atoms with Crippen molar-refractivity contribution in [2.45, 2.75) is 60.2 Å². The second-order valence-corrected chi connectivity index (χ2v) is 7.89. The molecule has 2 atom stereocenters. The first-order valence-corrected chi connectivity index (χ1v) is 10.1. The molecule has 0 amide bonds. The maximum atomic E-state index is 11.5. The van der Waals surface area contributed by atoms with Crippen LogP contribution in [0.4, 0.5) is 4.79 Å². The molecule has 0 radical (unpaired) electrons.